The Balaban J connectivity index is 1.49. The van der Waals surface area contributed by atoms with Crippen molar-refractivity contribution in [2.45, 2.75) is 32.3 Å². The molecule has 2 aliphatic rings. The molecule has 2 aliphatic heterocycles. The van der Waals surface area contributed by atoms with E-state index in [0.29, 0.717) is 49.5 Å². The van der Waals surface area contributed by atoms with E-state index < -0.39 is 5.60 Å². The van der Waals surface area contributed by atoms with Crippen molar-refractivity contribution in [3.8, 4) is 5.75 Å². The van der Waals surface area contributed by atoms with Crippen molar-refractivity contribution in [3.63, 3.8) is 0 Å². The largest absolute Gasteiger partial charge is 0.484 e. The number of rotatable bonds is 1. The van der Waals surface area contributed by atoms with Gasteiger partial charge in [-0.05, 0) is 26.0 Å². The molecule has 27 heavy (non-hydrogen) atoms. The van der Waals surface area contributed by atoms with Crippen LogP contribution in [0.1, 0.15) is 44.9 Å². The Bertz CT molecular complexity index is 887. The van der Waals surface area contributed by atoms with Gasteiger partial charge in [-0.3, -0.25) is 14.6 Å². The summed E-state index contributed by atoms with van der Waals surface area (Å²) in [5.74, 6) is 0.379. The molecular weight excluding hydrogens is 344 g/mol. The summed E-state index contributed by atoms with van der Waals surface area (Å²) in [5.41, 5.74) is 2.22. The fourth-order valence-corrected chi connectivity index (χ4v) is 3.58. The minimum atomic E-state index is -0.494. The number of fused-ring (bicyclic) bond motifs is 1. The maximum absolute atomic E-state index is 12.7. The van der Waals surface area contributed by atoms with Gasteiger partial charge in [0.2, 0.25) is 0 Å². The summed E-state index contributed by atoms with van der Waals surface area (Å²) in [6, 6.07) is 5.65. The number of amides is 2. The number of carbonyl (C=O) groups is 2. The van der Waals surface area contributed by atoms with E-state index >= 15 is 0 Å². The Morgan fingerprint density at radius 1 is 1.19 bits per heavy atom. The Labute approximate surface area is 157 Å². The second-order valence-corrected chi connectivity index (χ2v) is 7.30. The van der Waals surface area contributed by atoms with Crippen molar-refractivity contribution in [2.24, 2.45) is 0 Å². The average molecular weight is 366 g/mol. The van der Waals surface area contributed by atoms with Gasteiger partial charge in [0.05, 0.1) is 24.0 Å². The Morgan fingerprint density at radius 2 is 1.96 bits per heavy atom. The second kappa shape index (κ2) is 6.64. The molecule has 140 valence electrons. The van der Waals surface area contributed by atoms with Gasteiger partial charge in [-0.2, -0.15) is 0 Å². The summed E-state index contributed by atoms with van der Waals surface area (Å²) in [4.78, 5) is 35.2. The number of ether oxygens (including phenoxy) is 1. The fourth-order valence-electron chi connectivity index (χ4n) is 3.58. The molecule has 7 nitrogen and oxygen atoms in total. The van der Waals surface area contributed by atoms with E-state index in [-0.39, 0.29) is 11.8 Å². The number of carbonyl (C=O) groups excluding carboxylic acids is 2. The summed E-state index contributed by atoms with van der Waals surface area (Å²) in [6.07, 6.45) is 4.40. The summed E-state index contributed by atoms with van der Waals surface area (Å²) < 4.78 is 6.31. The standard InChI is InChI=1S/C20H22N4O3/c1-13-3-4-17-15(9-13)18(25)23-12-20(27-17)5-7-24(8-6-20)19(26)16-11-21-14(2)10-22-16/h3-4,9-11H,5-8,12H2,1-2H3,(H,23,25). The predicted molar refractivity (Wildman–Crippen MR) is 98.8 cm³/mol. The van der Waals surface area contributed by atoms with E-state index in [0.717, 1.165) is 11.3 Å². The first-order chi connectivity index (χ1) is 13.0. The van der Waals surface area contributed by atoms with E-state index in [2.05, 4.69) is 15.3 Å². The van der Waals surface area contributed by atoms with Crippen LogP contribution in [0, 0.1) is 13.8 Å². The second-order valence-electron chi connectivity index (χ2n) is 7.30. The lowest BCUT2D eigenvalue weighted by atomic mass is 9.90. The molecular formula is C20H22N4O3. The summed E-state index contributed by atoms with van der Waals surface area (Å²) in [7, 11) is 0. The van der Waals surface area contributed by atoms with Crippen LogP contribution in [0.25, 0.3) is 0 Å². The molecule has 2 aromatic rings. The molecule has 0 aliphatic carbocycles. The van der Waals surface area contributed by atoms with E-state index in [4.69, 9.17) is 4.74 Å². The lowest BCUT2D eigenvalue weighted by Crippen LogP contribution is -2.54. The van der Waals surface area contributed by atoms with Crippen molar-refractivity contribution in [1.82, 2.24) is 20.2 Å². The number of likely N-dealkylation sites (tertiary alicyclic amines) is 1. The first-order valence-corrected chi connectivity index (χ1v) is 9.12. The zero-order valence-electron chi connectivity index (χ0n) is 15.5. The molecule has 4 rings (SSSR count). The van der Waals surface area contributed by atoms with Crippen LogP contribution in [0.3, 0.4) is 0 Å². The predicted octanol–water partition coefficient (Wildman–Crippen LogP) is 1.89. The molecule has 1 spiro atoms. The third-order valence-corrected chi connectivity index (χ3v) is 5.24. The molecule has 0 bridgehead atoms. The number of aryl methyl sites for hydroxylation is 2. The van der Waals surface area contributed by atoms with Crippen LogP contribution < -0.4 is 10.1 Å². The number of hydrogen-bond acceptors (Lipinski definition) is 5. The summed E-state index contributed by atoms with van der Waals surface area (Å²) in [5, 5.41) is 2.98. The van der Waals surface area contributed by atoms with E-state index in [9.17, 15) is 9.59 Å². The third kappa shape index (κ3) is 3.37. The normalized spacial score (nSPS) is 18.3. The van der Waals surface area contributed by atoms with Gasteiger partial charge in [-0.15, -0.1) is 0 Å². The average Bonchev–Trinajstić information content (AvgIpc) is 2.80. The first-order valence-electron chi connectivity index (χ1n) is 9.12. The van der Waals surface area contributed by atoms with Crippen LogP contribution in [-0.2, 0) is 0 Å². The molecule has 1 N–H and O–H groups in total. The lowest BCUT2D eigenvalue weighted by Gasteiger charge is -2.41. The molecule has 3 heterocycles. The Hall–Kier alpha value is -2.96. The van der Waals surface area contributed by atoms with E-state index in [1.54, 1.807) is 11.1 Å². The highest BCUT2D eigenvalue weighted by Gasteiger charge is 2.41. The van der Waals surface area contributed by atoms with Gasteiger partial charge in [0.25, 0.3) is 11.8 Å². The first kappa shape index (κ1) is 17.5. The highest BCUT2D eigenvalue weighted by Crippen LogP contribution is 2.33. The molecule has 1 aromatic heterocycles. The van der Waals surface area contributed by atoms with Crippen molar-refractivity contribution in [1.29, 1.82) is 0 Å². The smallest absolute Gasteiger partial charge is 0.274 e. The van der Waals surface area contributed by atoms with Crippen LogP contribution >= 0.6 is 0 Å². The fraction of sp³-hybridized carbons (Fsp3) is 0.400. The number of piperidine rings is 1. The molecule has 0 unspecified atom stereocenters. The van der Waals surface area contributed by atoms with Crippen LogP contribution in [0.2, 0.25) is 0 Å². The van der Waals surface area contributed by atoms with Crippen LogP contribution in [-0.4, -0.2) is 51.9 Å². The lowest BCUT2D eigenvalue weighted by molar-refractivity contribution is 0.00749. The maximum atomic E-state index is 12.7. The molecule has 1 fully saturated rings. The molecule has 0 saturated carbocycles. The van der Waals surface area contributed by atoms with Crippen molar-refractivity contribution in [2.75, 3.05) is 19.6 Å². The molecule has 0 atom stereocenters. The molecule has 1 aromatic carbocycles. The quantitative estimate of drug-likeness (QED) is 0.833. The molecule has 0 radical (unpaired) electrons. The summed E-state index contributed by atoms with van der Waals surface area (Å²) in [6.45, 7) is 5.32. The van der Waals surface area contributed by atoms with Gasteiger partial charge >= 0.3 is 0 Å². The molecule has 2 amide bonds. The Morgan fingerprint density at radius 3 is 2.67 bits per heavy atom. The van der Waals surface area contributed by atoms with Gasteiger partial charge < -0.3 is 15.0 Å². The number of benzene rings is 1. The highest BCUT2D eigenvalue weighted by atomic mass is 16.5. The maximum Gasteiger partial charge on any atom is 0.274 e. The molecule has 1 saturated heterocycles. The van der Waals surface area contributed by atoms with E-state index in [1.807, 2.05) is 32.0 Å². The zero-order valence-corrected chi connectivity index (χ0v) is 15.5. The topological polar surface area (TPSA) is 84.4 Å². The van der Waals surface area contributed by atoms with Gasteiger partial charge in [0, 0.05) is 32.1 Å². The van der Waals surface area contributed by atoms with Gasteiger partial charge in [0.15, 0.2) is 0 Å². The minimum Gasteiger partial charge on any atom is -0.484 e. The van der Waals surface area contributed by atoms with Crippen molar-refractivity contribution in [3.05, 3.63) is 53.1 Å². The van der Waals surface area contributed by atoms with Crippen LogP contribution in [0.4, 0.5) is 0 Å². The van der Waals surface area contributed by atoms with Gasteiger partial charge in [-0.1, -0.05) is 11.6 Å². The number of nitrogens with zero attached hydrogens (tertiary/aromatic N) is 3. The van der Waals surface area contributed by atoms with Crippen molar-refractivity contribution < 1.29 is 14.3 Å². The number of aromatic nitrogens is 2. The SMILES string of the molecule is Cc1ccc2c(c1)C(=O)NCC1(CCN(C(=O)c3cnc(C)cn3)CC1)O2. The minimum absolute atomic E-state index is 0.112. The Kier molecular flexibility index (Phi) is 4.30. The van der Waals surface area contributed by atoms with Crippen LogP contribution in [0.15, 0.2) is 30.6 Å². The van der Waals surface area contributed by atoms with Gasteiger partial charge in [0.1, 0.15) is 17.0 Å². The number of nitrogens with one attached hydrogen (secondary N) is 1. The van der Waals surface area contributed by atoms with E-state index in [1.165, 1.54) is 6.20 Å². The zero-order chi connectivity index (χ0) is 19.0. The van der Waals surface area contributed by atoms with Crippen LogP contribution in [0.5, 0.6) is 5.75 Å². The summed E-state index contributed by atoms with van der Waals surface area (Å²) >= 11 is 0. The highest BCUT2D eigenvalue weighted by molar-refractivity contribution is 5.97. The number of hydrogen-bond donors (Lipinski definition) is 1. The van der Waals surface area contributed by atoms with Crippen molar-refractivity contribution >= 4 is 11.8 Å². The van der Waals surface area contributed by atoms with Gasteiger partial charge in [-0.25, -0.2) is 4.98 Å². The monoisotopic (exact) mass is 366 g/mol. The third-order valence-electron chi connectivity index (χ3n) is 5.24. The molecule has 7 heteroatoms.